The van der Waals surface area contributed by atoms with Crippen molar-refractivity contribution in [3.63, 3.8) is 0 Å². The molecular formula is C16H24N4O7S2. The number of benzene rings is 1. The zero-order chi connectivity index (χ0) is 21.1. The molecule has 3 rings (SSSR count). The van der Waals surface area contributed by atoms with Crippen LogP contribution in [0.15, 0.2) is 23.1 Å². The van der Waals surface area contributed by atoms with Crippen molar-refractivity contribution in [3.05, 3.63) is 28.3 Å². The molecule has 13 heteroatoms. The Morgan fingerprint density at radius 3 is 2.59 bits per heavy atom. The van der Waals surface area contributed by atoms with Crippen molar-refractivity contribution in [1.29, 1.82) is 0 Å². The van der Waals surface area contributed by atoms with Crippen molar-refractivity contribution in [2.24, 2.45) is 0 Å². The first-order chi connectivity index (χ1) is 13.7. The van der Waals surface area contributed by atoms with Gasteiger partial charge in [0.05, 0.1) is 34.5 Å². The van der Waals surface area contributed by atoms with Gasteiger partial charge >= 0.3 is 0 Å². The molecule has 0 aliphatic carbocycles. The van der Waals surface area contributed by atoms with E-state index in [1.807, 2.05) is 0 Å². The Hall–Kier alpha value is -1.80. The van der Waals surface area contributed by atoms with Gasteiger partial charge in [-0.25, -0.2) is 16.8 Å². The van der Waals surface area contributed by atoms with Crippen molar-refractivity contribution in [1.82, 2.24) is 9.62 Å². The minimum atomic E-state index is -3.83. The van der Waals surface area contributed by atoms with Crippen LogP contribution in [0, 0.1) is 10.1 Å². The van der Waals surface area contributed by atoms with E-state index in [0.29, 0.717) is 19.5 Å². The summed E-state index contributed by atoms with van der Waals surface area (Å²) in [7, 11) is -6.80. The SMILES string of the molecule is O=[N+]([O-])c1cc(S(=O)(=O)N2CCOCC2)ccc1NCCN[C@@H]1CCS(=O)(=O)C1. The molecule has 11 nitrogen and oxygen atoms in total. The number of nitro groups is 1. The van der Waals surface area contributed by atoms with Gasteiger partial charge in [-0.1, -0.05) is 0 Å². The van der Waals surface area contributed by atoms with Crippen molar-refractivity contribution < 1.29 is 26.5 Å². The monoisotopic (exact) mass is 448 g/mol. The number of nitro benzene ring substituents is 1. The second-order valence-electron chi connectivity index (χ2n) is 6.93. The third-order valence-electron chi connectivity index (χ3n) is 4.88. The maximum absolute atomic E-state index is 12.7. The van der Waals surface area contributed by atoms with Crippen LogP contribution in [0.4, 0.5) is 11.4 Å². The number of rotatable bonds is 8. The van der Waals surface area contributed by atoms with E-state index in [9.17, 15) is 26.9 Å². The van der Waals surface area contributed by atoms with Crippen LogP contribution >= 0.6 is 0 Å². The maximum Gasteiger partial charge on any atom is 0.293 e. The normalized spacial score (nSPS) is 22.4. The van der Waals surface area contributed by atoms with E-state index in [4.69, 9.17) is 4.74 Å². The molecule has 0 spiro atoms. The second kappa shape index (κ2) is 8.92. The fraction of sp³-hybridized carbons (Fsp3) is 0.625. The topological polar surface area (TPSA) is 148 Å². The molecule has 2 saturated heterocycles. The van der Waals surface area contributed by atoms with Crippen LogP contribution in [-0.2, 0) is 24.6 Å². The van der Waals surface area contributed by atoms with Gasteiger partial charge in [0.25, 0.3) is 5.69 Å². The molecule has 2 N–H and O–H groups in total. The lowest BCUT2D eigenvalue weighted by atomic mass is 10.2. The summed E-state index contributed by atoms with van der Waals surface area (Å²) in [4.78, 5) is 10.7. The molecule has 1 aromatic rings. The fourth-order valence-corrected chi connectivity index (χ4v) is 6.47. The van der Waals surface area contributed by atoms with Crippen LogP contribution in [0.2, 0.25) is 0 Å². The van der Waals surface area contributed by atoms with Crippen LogP contribution in [0.5, 0.6) is 0 Å². The second-order valence-corrected chi connectivity index (χ2v) is 11.1. The quantitative estimate of drug-likeness (QED) is 0.313. The average molecular weight is 449 g/mol. The first-order valence-electron chi connectivity index (χ1n) is 9.23. The Balaban J connectivity index is 1.64. The number of morpholine rings is 1. The van der Waals surface area contributed by atoms with E-state index >= 15 is 0 Å². The van der Waals surface area contributed by atoms with Crippen molar-refractivity contribution in [2.45, 2.75) is 17.4 Å². The predicted molar refractivity (Wildman–Crippen MR) is 106 cm³/mol. The molecule has 0 aromatic heterocycles. The van der Waals surface area contributed by atoms with Crippen molar-refractivity contribution >= 4 is 31.2 Å². The first-order valence-corrected chi connectivity index (χ1v) is 12.5. The van der Waals surface area contributed by atoms with E-state index in [0.717, 1.165) is 6.07 Å². The average Bonchev–Trinajstić information content (AvgIpc) is 3.04. The van der Waals surface area contributed by atoms with Crippen LogP contribution in [-0.4, -0.2) is 83.0 Å². The van der Waals surface area contributed by atoms with Gasteiger partial charge in [-0.2, -0.15) is 4.31 Å². The largest absolute Gasteiger partial charge is 0.379 e. The van der Waals surface area contributed by atoms with Gasteiger partial charge in [0.2, 0.25) is 10.0 Å². The van der Waals surface area contributed by atoms with Gasteiger partial charge in [0, 0.05) is 38.3 Å². The minimum absolute atomic E-state index is 0.0985. The number of sulfone groups is 1. The standard InChI is InChI=1S/C16H24N4O7S2/c21-20(22)16-11-14(29(25,26)19-6-8-27-9-7-19)1-2-15(16)18-5-4-17-13-3-10-28(23,24)12-13/h1-2,11,13,17-18H,3-10,12H2/t13-/m1/s1. The third-order valence-corrected chi connectivity index (χ3v) is 8.54. The molecule has 0 saturated carbocycles. The van der Waals surface area contributed by atoms with Gasteiger partial charge in [0.15, 0.2) is 9.84 Å². The Kier molecular flexibility index (Phi) is 6.73. The lowest BCUT2D eigenvalue weighted by Gasteiger charge is -2.26. The Morgan fingerprint density at radius 2 is 1.97 bits per heavy atom. The van der Waals surface area contributed by atoms with Gasteiger partial charge in [-0.05, 0) is 18.6 Å². The minimum Gasteiger partial charge on any atom is -0.379 e. The summed E-state index contributed by atoms with van der Waals surface area (Å²) in [5.41, 5.74) is -0.125. The number of hydrogen-bond acceptors (Lipinski definition) is 9. The fourth-order valence-electron chi connectivity index (χ4n) is 3.34. The molecule has 29 heavy (non-hydrogen) atoms. The van der Waals surface area contributed by atoms with E-state index < -0.39 is 24.8 Å². The number of nitrogens with one attached hydrogen (secondary N) is 2. The molecule has 0 unspecified atom stereocenters. The maximum atomic E-state index is 12.7. The zero-order valence-electron chi connectivity index (χ0n) is 15.7. The highest BCUT2D eigenvalue weighted by Gasteiger charge is 2.29. The third kappa shape index (κ3) is 5.42. The number of anilines is 1. The van der Waals surface area contributed by atoms with Gasteiger partial charge in [-0.15, -0.1) is 0 Å². The summed E-state index contributed by atoms with van der Waals surface area (Å²) in [6.45, 7) is 1.74. The molecular weight excluding hydrogens is 424 g/mol. The summed E-state index contributed by atoms with van der Waals surface area (Å²) in [5, 5.41) is 17.5. The Bertz CT molecular complexity index is 959. The van der Waals surface area contributed by atoms with Gasteiger partial charge in [-0.3, -0.25) is 10.1 Å². The molecule has 2 heterocycles. The molecule has 1 aromatic carbocycles. The van der Waals surface area contributed by atoms with E-state index in [-0.39, 0.29) is 60.1 Å². The molecule has 0 amide bonds. The molecule has 0 radical (unpaired) electrons. The van der Waals surface area contributed by atoms with Crippen molar-refractivity contribution in [2.75, 3.05) is 56.2 Å². The predicted octanol–water partition coefficient (Wildman–Crippen LogP) is -0.196. The molecule has 2 aliphatic heterocycles. The van der Waals surface area contributed by atoms with Crippen LogP contribution in [0.3, 0.4) is 0 Å². The van der Waals surface area contributed by atoms with E-state index in [1.165, 1.54) is 16.4 Å². The Morgan fingerprint density at radius 1 is 1.24 bits per heavy atom. The molecule has 1 atom stereocenters. The van der Waals surface area contributed by atoms with Crippen molar-refractivity contribution in [3.8, 4) is 0 Å². The summed E-state index contributed by atoms with van der Waals surface area (Å²) >= 11 is 0. The number of sulfonamides is 1. The zero-order valence-corrected chi connectivity index (χ0v) is 17.4. The summed E-state index contributed by atoms with van der Waals surface area (Å²) in [6, 6.07) is 3.67. The van der Waals surface area contributed by atoms with Crippen LogP contribution in [0.25, 0.3) is 0 Å². The van der Waals surface area contributed by atoms with Gasteiger partial charge < -0.3 is 15.4 Å². The molecule has 2 fully saturated rings. The number of nitrogens with zero attached hydrogens (tertiary/aromatic N) is 2. The van der Waals surface area contributed by atoms with E-state index in [1.54, 1.807) is 0 Å². The van der Waals surface area contributed by atoms with Gasteiger partial charge in [0.1, 0.15) is 5.69 Å². The van der Waals surface area contributed by atoms with Crippen LogP contribution in [0.1, 0.15) is 6.42 Å². The highest BCUT2D eigenvalue weighted by Crippen LogP contribution is 2.29. The molecule has 2 aliphatic rings. The number of ether oxygens (including phenoxy) is 1. The summed E-state index contributed by atoms with van der Waals surface area (Å²) in [6.07, 6.45) is 0.552. The highest BCUT2D eigenvalue weighted by molar-refractivity contribution is 7.91. The summed E-state index contributed by atoms with van der Waals surface area (Å²) < 4.78 is 54.7. The van der Waals surface area contributed by atoms with Crippen LogP contribution < -0.4 is 10.6 Å². The first kappa shape index (κ1) is 21.9. The molecule has 162 valence electrons. The number of hydrogen-bond donors (Lipinski definition) is 2. The smallest absolute Gasteiger partial charge is 0.293 e. The lowest BCUT2D eigenvalue weighted by Crippen LogP contribution is -2.40. The summed E-state index contributed by atoms with van der Waals surface area (Å²) in [5.74, 6) is 0.268. The molecule has 0 bridgehead atoms. The van der Waals surface area contributed by atoms with E-state index in [2.05, 4.69) is 10.6 Å². The Labute approximate surface area is 169 Å². The highest BCUT2D eigenvalue weighted by atomic mass is 32.2. The lowest BCUT2D eigenvalue weighted by molar-refractivity contribution is -0.384.